The number of hydrogen-bond donors (Lipinski definition) is 1. The zero-order chi connectivity index (χ0) is 13.8. The lowest BCUT2D eigenvalue weighted by atomic mass is 10.1. The minimum absolute atomic E-state index is 0.647. The van der Waals surface area contributed by atoms with Gasteiger partial charge in [-0.25, -0.2) is 0 Å². The maximum Gasteiger partial charge on any atom is 0.0396 e. The Hall–Kier alpha value is -1.02. The van der Waals surface area contributed by atoms with Crippen molar-refractivity contribution in [2.75, 3.05) is 11.9 Å². The maximum absolute atomic E-state index is 3.58. The molecule has 0 spiro atoms. The van der Waals surface area contributed by atoms with Crippen LogP contribution in [0.1, 0.15) is 50.7 Å². The summed E-state index contributed by atoms with van der Waals surface area (Å²) in [5.41, 5.74) is 4.18. The highest BCUT2D eigenvalue weighted by Gasteiger charge is 2.20. The van der Waals surface area contributed by atoms with Crippen molar-refractivity contribution in [3.05, 3.63) is 29.3 Å². The van der Waals surface area contributed by atoms with E-state index in [0.29, 0.717) is 6.04 Å². The van der Waals surface area contributed by atoms with Gasteiger partial charge in [0.05, 0.1) is 0 Å². The van der Waals surface area contributed by atoms with Gasteiger partial charge in [-0.2, -0.15) is 0 Å². The molecule has 0 aliphatic heterocycles. The highest BCUT2D eigenvalue weighted by Crippen LogP contribution is 2.25. The zero-order valence-electron chi connectivity index (χ0n) is 12.9. The number of hydrogen-bond acceptors (Lipinski definition) is 2. The van der Waals surface area contributed by atoms with Gasteiger partial charge in [-0.05, 0) is 49.8 Å². The predicted molar refractivity (Wildman–Crippen MR) is 83.8 cm³/mol. The van der Waals surface area contributed by atoms with Gasteiger partial charge in [-0.3, -0.25) is 0 Å². The molecule has 0 unspecified atom stereocenters. The highest BCUT2D eigenvalue weighted by atomic mass is 15.1. The lowest BCUT2D eigenvalue weighted by molar-refractivity contribution is 0.590. The van der Waals surface area contributed by atoms with Crippen LogP contribution in [0.15, 0.2) is 18.2 Å². The minimum atomic E-state index is 0.647. The summed E-state index contributed by atoms with van der Waals surface area (Å²) >= 11 is 0. The van der Waals surface area contributed by atoms with E-state index in [9.17, 15) is 0 Å². The molecule has 1 aliphatic rings. The maximum atomic E-state index is 3.58. The normalized spacial score (nSPS) is 15.0. The molecule has 1 saturated carbocycles. The van der Waals surface area contributed by atoms with Crippen molar-refractivity contribution >= 4 is 5.69 Å². The Balaban J connectivity index is 2.04. The van der Waals surface area contributed by atoms with E-state index in [0.717, 1.165) is 12.6 Å². The Bertz CT molecular complexity index is 406. The number of benzene rings is 1. The van der Waals surface area contributed by atoms with Crippen LogP contribution in [0.2, 0.25) is 0 Å². The van der Waals surface area contributed by atoms with Crippen LogP contribution in [0.25, 0.3) is 0 Å². The SMILES string of the molecule is CCC(CC)N(C)c1ccc(CNC2CC2)cc1C. The first-order valence-electron chi connectivity index (χ1n) is 7.71. The van der Waals surface area contributed by atoms with Crippen molar-refractivity contribution in [1.29, 1.82) is 0 Å². The van der Waals surface area contributed by atoms with Gasteiger partial charge in [0.1, 0.15) is 0 Å². The summed E-state index contributed by atoms with van der Waals surface area (Å²) < 4.78 is 0. The molecule has 2 nitrogen and oxygen atoms in total. The molecule has 19 heavy (non-hydrogen) atoms. The molecule has 1 aromatic carbocycles. The van der Waals surface area contributed by atoms with Gasteiger partial charge in [-0.1, -0.05) is 26.0 Å². The third-order valence-electron chi connectivity index (χ3n) is 4.30. The Morgan fingerprint density at radius 3 is 2.47 bits per heavy atom. The van der Waals surface area contributed by atoms with Gasteiger partial charge in [0.2, 0.25) is 0 Å². The van der Waals surface area contributed by atoms with Crippen LogP contribution in [0.5, 0.6) is 0 Å². The monoisotopic (exact) mass is 260 g/mol. The largest absolute Gasteiger partial charge is 0.371 e. The topological polar surface area (TPSA) is 15.3 Å². The smallest absolute Gasteiger partial charge is 0.0396 e. The quantitative estimate of drug-likeness (QED) is 0.800. The second kappa shape index (κ2) is 6.42. The van der Waals surface area contributed by atoms with Crippen molar-refractivity contribution < 1.29 is 0 Å². The molecule has 0 atom stereocenters. The Kier molecular flexibility index (Phi) is 4.87. The number of anilines is 1. The fraction of sp³-hybridized carbons (Fsp3) is 0.647. The summed E-state index contributed by atoms with van der Waals surface area (Å²) in [5.74, 6) is 0. The van der Waals surface area contributed by atoms with Crippen molar-refractivity contribution in [3.8, 4) is 0 Å². The molecule has 1 N–H and O–H groups in total. The lowest BCUT2D eigenvalue weighted by Gasteiger charge is -2.30. The molecule has 0 aromatic heterocycles. The Morgan fingerprint density at radius 2 is 1.95 bits per heavy atom. The van der Waals surface area contributed by atoms with Crippen molar-refractivity contribution in [1.82, 2.24) is 5.32 Å². The summed E-state index contributed by atoms with van der Waals surface area (Å²) in [6.07, 6.45) is 5.12. The molecule has 0 amide bonds. The molecule has 2 heteroatoms. The molecule has 0 bridgehead atoms. The second-order valence-electron chi connectivity index (χ2n) is 5.86. The van der Waals surface area contributed by atoms with E-state index in [1.54, 1.807) is 0 Å². The van der Waals surface area contributed by atoms with E-state index in [-0.39, 0.29) is 0 Å². The van der Waals surface area contributed by atoms with E-state index < -0.39 is 0 Å². The van der Waals surface area contributed by atoms with E-state index in [2.05, 4.69) is 56.2 Å². The van der Waals surface area contributed by atoms with Crippen molar-refractivity contribution in [3.63, 3.8) is 0 Å². The summed E-state index contributed by atoms with van der Waals surface area (Å²) in [6, 6.07) is 8.33. The average Bonchev–Trinajstić information content (AvgIpc) is 3.21. The average molecular weight is 260 g/mol. The first-order chi connectivity index (χ1) is 9.15. The molecule has 0 radical (unpaired) electrons. The molecule has 0 heterocycles. The van der Waals surface area contributed by atoms with Gasteiger partial charge in [0.15, 0.2) is 0 Å². The molecule has 2 rings (SSSR count). The summed E-state index contributed by atoms with van der Waals surface area (Å²) in [5, 5.41) is 3.58. The van der Waals surface area contributed by atoms with Crippen LogP contribution in [0.3, 0.4) is 0 Å². The predicted octanol–water partition coefficient (Wildman–Crippen LogP) is 3.87. The van der Waals surface area contributed by atoms with Gasteiger partial charge in [0, 0.05) is 31.4 Å². The molecule has 106 valence electrons. The van der Waals surface area contributed by atoms with E-state index in [1.165, 1.54) is 42.5 Å². The molecule has 1 fully saturated rings. The third kappa shape index (κ3) is 3.73. The van der Waals surface area contributed by atoms with Gasteiger partial charge >= 0.3 is 0 Å². The number of rotatable bonds is 7. The summed E-state index contributed by atoms with van der Waals surface area (Å²) in [6.45, 7) is 7.79. The van der Waals surface area contributed by atoms with E-state index in [4.69, 9.17) is 0 Å². The van der Waals surface area contributed by atoms with Gasteiger partial charge in [0.25, 0.3) is 0 Å². The summed E-state index contributed by atoms with van der Waals surface area (Å²) in [4.78, 5) is 2.44. The molecule has 0 saturated heterocycles. The van der Waals surface area contributed by atoms with Crippen LogP contribution >= 0.6 is 0 Å². The second-order valence-corrected chi connectivity index (χ2v) is 5.86. The molecule has 1 aromatic rings. The highest BCUT2D eigenvalue weighted by molar-refractivity contribution is 5.54. The van der Waals surface area contributed by atoms with Crippen molar-refractivity contribution in [2.24, 2.45) is 0 Å². The van der Waals surface area contributed by atoms with Crippen molar-refractivity contribution in [2.45, 2.75) is 65.1 Å². The lowest BCUT2D eigenvalue weighted by Crippen LogP contribution is -2.30. The van der Waals surface area contributed by atoms with Gasteiger partial charge < -0.3 is 10.2 Å². The molecular formula is C17H28N2. The van der Waals surface area contributed by atoms with Crippen LogP contribution in [-0.2, 0) is 6.54 Å². The summed E-state index contributed by atoms with van der Waals surface area (Å²) in [7, 11) is 2.22. The molecule has 1 aliphatic carbocycles. The van der Waals surface area contributed by atoms with Crippen LogP contribution in [0.4, 0.5) is 5.69 Å². The zero-order valence-corrected chi connectivity index (χ0v) is 12.9. The minimum Gasteiger partial charge on any atom is -0.371 e. The van der Waals surface area contributed by atoms with Crippen LogP contribution in [0, 0.1) is 6.92 Å². The Morgan fingerprint density at radius 1 is 1.26 bits per heavy atom. The fourth-order valence-corrected chi connectivity index (χ4v) is 2.81. The number of nitrogens with one attached hydrogen (secondary N) is 1. The third-order valence-corrected chi connectivity index (χ3v) is 4.30. The standard InChI is InChI=1S/C17H28N2/c1-5-16(6-2)19(4)17-10-7-14(11-13(17)3)12-18-15-8-9-15/h7,10-11,15-16,18H,5-6,8-9,12H2,1-4H3. The van der Waals surface area contributed by atoms with Crippen LogP contribution < -0.4 is 10.2 Å². The molecular weight excluding hydrogens is 232 g/mol. The first kappa shape index (κ1) is 14.4. The number of aryl methyl sites for hydroxylation is 1. The number of nitrogens with zero attached hydrogens (tertiary/aromatic N) is 1. The fourth-order valence-electron chi connectivity index (χ4n) is 2.81. The Labute approximate surface area is 118 Å². The van der Waals surface area contributed by atoms with Gasteiger partial charge in [-0.15, -0.1) is 0 Å². The van der Waals surface area contributed by atoms with E-state index in [1.807, 2.05) is 0 Å². The van der Waals surface area contributed by atoms with E-state index >= 15 is 0 Å². The first-order valence-corrected chi connectivity index (χ1v) is 7.71. The van der Waals surface area contributed by atoms with Crippen LogP contribution in [-0.4, -0.2) is 19.1 Å².